The van der Waals surface area contributed by atoms with E-state index in [-0.39, 0.29) is 11.8 Å². The SMILES string of the molecule is CSCC[C@@H](N)C(=O)N1CCC(c2nc(C)cc(Nc3ncc(C)s3)n2)CC1. The maximum absolute atomic E-state index is 12.5. The number of thioether (sulfide) groups is 1. The van der Waals surface area contributed by atoms with Gasteiger partial charge in [-0.1, -0.05) is 0 Å². The highest BCUT2D eigenvalue weighted by atomic mass is 32.2. The van der Waals surface area contributed by atoms with Crippen LogP contribution in [0.5, 0.6) is 0 Å². The molecule has 0 spiro atoms. The molecule has 1 saturated heterocycles. The lowest BCUT2D eigenvalue weighted by atomic mass is 9.95. The Labute approximate surface area is 174 Å². The molecule has 3 N–H and O–H groups in total. The van der Waals surface area contributed by atoms with Gasteiger partial charge >= 0.3 is 0 Å². The number of aryl methyl sites for hydroxylation is 2. The number of nitrogens with one attached hydrogen (secondary N) is 1. The van der Waals surface area contributed by atoms with E-state index in [2.05, 4.69) is 15.3 Å². The predicted octanol–water partition coefficient (Wildman–Crippen LogP) is 3.08. The van der Waals surface area contributed by atoms with Crippen LogP contribution in [0.25, 0.3) is 0 Å². The van der Waals surface area contributed by atoms with Crippen molar-refractivity contribution in [2.75, 3.05) is 30.4 Å². The summed E-state index contributed by atoms with van der Waals surface area (Å²) < 4.78 is 0. The molecule has 28 heavy (non-hydrogen) atoms. The molecule has 3 heterocycles. The van der Waals surface area contributed by atoms with Crippen molar-refractivity contribution in [3.8, 4) is 0 Å². The Balaban J connectivity index is 1.61. The fraction of sp³-hybridized carbons (Fsp3) is 0.579. The minimum absolute atomic E-state index is 0.0687. The molecule has 1 atom stereocenters. The van der Waals surface area contributed by atoms with Crippen LogP contribution in [0.2, 0.25) is 0 Å². The highest BCUT2D eigenvalue weighted by Gasteiger charge is 2.28. The van der Waals surface area contributed by atoms with E-state index in [1.54, 1.807) is 23.1 Å². The molecule has 152 valence electrons. The number of hydrogen-bond acceptors (Lipinski definition) is 8. The average Bonchev–Trinajstić information content (AvgIpc) is 3.09. The number of piperidine rings is 1. The van der Waals surface area contributed by atoms with Crippen molar-refractivity contribution in [3.63, 3.8) is 0 Å². The minimum Gasteiger partial charge on any atom is -0.341 e. The van der Waals surface area contributed by atoms with Crippen LogP contribution in [-0.2, 0) is 4.79 Å². The first-order valence-electron chi connectivity index (χ1n) is 9.54. The smallest absolute Gasteiger partial charge is 0.239 e. The third-order valence-electron chi connectivity index (χ3n) is 4.85. The summed E-state index contributed by atoms with van der Waals surface area (Å²) >= 11 is 3.32. The van der Waals surface area contributed by atoms with Crippen LogP contribution in [0.4, 0.5) is 10.9 Å². The molecule has 2 aromatic heterocycles. The van der Waals surface area contributed by atoms with E-state index in [1.165, 1.54) is 0 Å². The summed E-state index contributed by atoms with van der Waals surface area (Å²) in [5.41, 5.74) is 6.98. The Morgan fingerprint density at radius 2 is 2.14 bits per heavy atom. The normalized spacial score (nSPS) is 16.2. The van der Waals surface area contributed by atoms with Gasteiger partial charge in [-0.05, 0) is 45.1 Å². The zero-order valence-electron chi connectivity index (χ0n) is 16.6. The molecule has 7 nitrogen and oxygen atoms in total. The molecule has 0 aromatic carbocycles. The third-order valence-corrected chi connectivity index (χ3v) is 6.32. The van der Waals surface area contributed by atoms with E-state index in [4.69, 9.17) is 10.7 Å². The van der Waals surface area contributed by atoms with Gasteiger partial charge in [-0.25, -0.2) is 15.0 Å². The van der Waals surface area contributed by atoms with E-state index in [0.29, 0.717) is 13.1 Å². The number of amides is 1. The molecule has 1 fully saturated rings. The number of likely N-dealkylation sites (tertiary alicyclic amines) is 1. The standard InChI is InChI=1S/C19H28N6OS2/c1-12-10-16(24-19-21-11-13(2)28-19)23-17(22-12)14-4-7-25(8-5-14)18(26)15(20)6-9-27-3/h10-11,14-15H,4-9,20H2,1-3H3,(H,21,22,23,24)/t15-/m1/s1. The predicted molar refractivity (Wildman–Crippen MR) is 116 cm³/mol. The molecule has 1 aliphatic rings. The molecule has 0 unspecified atom stereocenters. The fourth-order valence-electron chi connectivity index (χ4n) is 3.32. The van der Waals surface area contributed by atoms with Crippen LogP contribution >= 0.6 is 23.1 Å². The largest absolute Gasteiger partial charge is 0.341 e. The number of rotatable bonds is 7. The summed E-state index contributed by atoms with van der Waals surface area (Å²) in [7, 11) is 0. The molecule has 0 bridgehead atoms. The summed E-state index contributed by atoms with van der Waals surface area (Å²) in [5, 5.41) is 4.11. The van der Waals surface area contributed by atoms with Gasteiger partial charge in [0.15, 0.2) is 5.13 Å². The lowest BCUT2D eigenvalue weighted by Crippen LogP contribution is -2.47. The Kier molecular flexibility index (Phi) is 7.25. The van der Waals surface area contributed by atoms with Crippen LogP contribution in [0.1, 0.15) is 41.6 Å². The Bertz CT molecular complexity index is 803. The van der Waals surface area contributed by atoms with Crippen LogP contribution < -0.4 is 11.1 Å². The third kappa shape index (κ3) is 5.42. The first kappa shape index (κ1) is 21.0. The van der Waals surface area contributed by atoms with Crippen LogP contribution in [0.3, 0.4) is 0 Å². The Hall–Kier alpha value is -1.71. The molecule has 0 saturated carbocycles. The lowest BCUT2D eigenvalue weighted by Gasteiger charge is -2.33. The van der Waals surface area contributed by atoms with Gasteiger partial charge in [0.25, 0.3) is 0 Å². The lowest BCUT2D eigenvalue weighted by molar-refractivity contribution is -0.133. The van der Waals surface area contributed by atoms with Crippen LogP contribution in [0.15, 0.2) is 12.3 Å². The monoisotopic (exact) mass is 420 g/mol. The second-order valence-corrected chi connectivity index (χ2v) is 9.36. The fourth-order valence-corrected chi connectivity index (χ4v) is 4.48. The second-order valence-electron chi connectivity index (χ2n) is 7.14. The van der Waals surface area contributed by atoms with Crippen molar-refractivity contribution in [1.82, 2.24) is 19.9 Å². The molecule has 0 aliphatic carbocycles. The van der Waals surface area contributed by atoms with Crippen molar-refractivity contribution in [2.24, 2.45) is 5.73 Å². The number of carbonyl (C=O) groups is 1. The summed E-state index contributed by atoms with van der Waals surface area (Å²) in [5.74, 6) is 2.85. The van der Waals surface area contributed by atoms with Crippen LogP contribution in [-0.4, -0.2) is 56.9 Å². The van der Waals surface area contributed by atoms with E-state index < -0.39 is 6.04 Å². The van der Waals surface area contributed by atoms with Crippen molar-refractivity contribution in [1.29, 1.82) is 0 Å². The van der Waals surface area contributed by atoms with Gasteiger partial charge in [0.1, 0.15) is 11.6 Å². The Morgan fingerprint density at radius 3 is 2.79 bits per heavy atom. The minimum atomic E-state index is -0.392. The van der Waals surface area contributed by atoms with Gasteiger partial charge in [0.05, 0.1) is 6.04 Å². The van der Waals surface area contributed by atoms with Crippen molar-refractivity contribution in [2.45, 2.75) is 45.1 Å². The first-order valence-corrected chi connectivity index (χ1v) is 11.8. The van der Waals surface area contributed by atoms with Gasteiger partial charge in [-0.2, -0.15) is 11.8 Å². The zero-order chi connectivity index (χ0) is 20.1. The van der Waals surface area contributed by atoms with Gasteiger partial charge in [-0.3, -0.25) is 4.79 Å². The van der Waals surface area contributed by atoms with E-state index >= 15 is 0 Å². The molecular formula is C19H28N6OS2. The molecule has 0 radical (unpaired) electrons. The Morgan fingerprint density at radius 1 is 1.39 bits per heavy atom. The van der Waals surface area contributed by atoms with Gasteiger partial charge in [-0.15, -0.1) is 11.3 Å². The molecular weight excluding hydrogens is 392 g/mol. The number of aromatic nitrogens is 3. The molecule has 2 aromatic rings. The number of nitrogens with zero attached hydrogens (tertiary/aromatic N) is 4. The molecule has 1 aliphatic heterocycles. The van der Waals surface area contributed by atoms with Crippen LogP contribution in [0, 0.1) is 13.8 Å². The zero-order valence-corrected chi connectivity index (χ0v) is 18.3. The number of carbonyl (C=O) groups excluding carboxylic acids is 1. The summed E-state index contributed by atoms with van der Waals surface area (Å²) in [4.78, 5) is 29.3. The number of nitrogens with two attached hydrogens (primary N) is 1. The van der Waals surface area contributed by atoms with Crippen molar-refractivity contribution >= 4 is 40.0 Å². The highest BCUT2D eigenvalue weighted by Crippen LogP contribution is 2.28. The van der Waals surface area contributed by atoms with E-state index in [0.717, 1.165) is 52.4 Å². The first-order chi connectivity index (χ1) is 13.5. The van der Waals surface area contributed by atoms with Crippen molar-refractivity contribution < 1.29 is 4.79 Å². The maximum atomic E-state index is 12.5. The quantitative estimate of drug-likeness (QED) is 0.710. The van der Waals surface area contributed by atoms with Gasteiger partial charge in [0.2, 0.25) is 5.91 Å². The molecule has 9 heteroatoms. The molecule has 1 amide bonds. The summed E-state index contributed by atoms with van der Waals surface area (Å²) in [6, 6.07) is 1.54. The topological polar surface area (TPSA) is 97.0 Å². The van der Waals surface area contributed by atoms with E-state index in [9.17, 15) is 4.79 Å². The van der Waals surface area contributed by atoms with Gasteiger partial charge < -0.3 is 16.0 Å². The average molecular weight is 421 g/mol. The van der Waals surface area contributed by atoms with E-state index in [1.807, 2.05) is 37.3 Å². The number of thiazole rings is 1. The molecule has 3 rings (SSSR count). The van der Waals surface area contributed by atoms with Crippen molar-refractivity contribution in [3.05, 3.63) is 28.7 Å². The maximum Gasteiger partial charge on any atom is 0.239 e. The number of anilines is 2. The highest BCUT2D eigenvalue weighted by molar-refractivity contribution is 7.98. The number of hydrogen-bond donors (Lipinski definition) is 2. The summed E-state index contributed by atoms with van der Waals surface area (Å²) in [6.45, 7) is 5.43. The summed E-state index contributed by atoms with van der Waals surface area (Å²) in [6.07, 6.45) is 6.33. The van der Waals surface area contributed by atoms with Gasteiger partial charge in [0, 0.05) is 41.8 Å². The second kappa shape index (κ2) is 9.67.